The SMILES string of the molecule is O=C(O)Cc1cccc(NC(=O)c2ccc(-c3ccc4[nH]ccc4c3)o2)c1. The Morgan fingerprint density at radius 2 is 1.93 bits per heavy atom. The fraction of sp³-hybridized carbons (Fsp3) is 0.0476. The smallest absolute Gasteiger partial charge is 0.307 e. The summed E-state index contributed by atoms with van der Waals surface area (Å²) in [4.78, 5) is 26.4. The summed E-state index contributed by atoms with van der Waals surface area (Å²) in [5, 5.41) is 12.7. The number of fused-ring (bicyclic) bond motifs is 1. The van der Waals surface area contributed by atoms with E-state index in [0.717, 1.165) is 16.5 Å². The summed E-state index contributed by atoms with van der Waals surface area (Å²) in [6.07, 6.45) is 1.77. The molecular formula is C21H16N2O4. The number of aromatic nitrogens is 1. The number of H-pyrrole nitrogens is 1. The van der Waals surface area contributed by atoms with E-state index in [2.05, 4.69) is 10.3 Å². The summed E-state index contributed by atoms with van der Waals surface area (Å²) in [7, 11) is 0. The van der Waals surface area contributed by atoms with Crippen LogP contribution in [0, 0.1) is 0 Å². The van der Waals surface area contributed by atoms with E-state index in [0.29, 0.717) is 17.0 Å². The number of carboxylic acid groups (broad SMARTS) is 1. The number of amides is 1. The van der Waals surface area contributed by atoms with Crippen molar-refractivity contribution in [1.29, 1.82) is 0 Å². The summed E-state index contributed by atoms with van der Waals surface area (Å²) in [6.45, 7) is 0. The van der Waals surface area contributed by atoms with E-state index in [9.17, 15) is 9.59 Å². The second-order valence-electron chi connectivity index (χ2n) is 6.17. The van der Waals surface area contributed by atoms with Crippen LogP contribution in [-0.4, -0.2) is 22.0 Å². The number of aliphatic carboxylic acids is 1. The summed E-state index contributed by atoms with van der Waals surface area (Å²) in [5.41, 5.74) is 3.04. The molecule has 3 N–H and O–H groups in total. The number of carbonyl (C=O) groups is 2. The number of rotatable bonds is 5. The van der Waals surface area contributed by atoms with Gasteiger partial charge in [0, 0.05) is 28.4 Å². The van der Waals surface area contributed by atoms with Gasteiger partial charge in [-0.15, -0.1) is 0 Å². The number of nitrogens with one attached hydrogen (secondary N) is 2. The molecule has 6 nitrogen and oxygen atoms in total. The van der Waals surface area contributed by atoms with Crippen molar-refractivity contribution in [2.24, 2.45) is 0 Å². The van der Waals surface area contributed by atoms with Gasteiger partial charge in [-0.1, -0.05) is 12.1 Å². The molecule has 0 fully saturated rings. The highest BCUT2D eigenvalue weighted by Gasteiger charge is 2.13. The monoisotopic (exact) mass is 360 g/mol. The van der Waals surface area contributed by atoms with Crippen molar-refractivity contribution in [3.8, 4) is 11.3 Å². The maximum absolute atomic E-state index is 12.4. The van der Waals surface area contributed by atoms with E-state index < -0.39 is 11.9 Å². The molecule has 0 radical (unpaired) electrons. The van der Waals surface area contributed by atoms with Gasteiger partial charge in [0.1, 0.15) is 5.76 Å². The fourth-order valence-corrected chi connectivity index (χ4v) is 2.95. The van der Waals surface area contributed by atoms with Crippen LogP contribution in [0.5, 0.6) is 0 Å². The minimum Gasteiger partial charge on any atom is -0.481 e. The number of hydrogen-bond donors (Lipinski definition) is 3. The molecule has 4 aromatic rings. The molecule has 0 aliphatic carbocycles. The molecule has 134 valence electrons. The van der Waals surface area contributed by atoms with Crippen molar-refractivity contribution in [3.05, 3.63) is 78.2 Å². The zero-order chi connectivity index (χ0) is 18.8. The maximum atomic E-state index is 12.4. The second-order valence-corrected chi connectivity index (χ2v) is 6.17. The van der Waals surface area contributed by atoms with Gasteiger partial charge in [0.25, 0.3) is 5.91 Å². The quantitative estimate of drug-likeness (QED) is 0.494. The third-order valence-corrected chi connectivity index (χ3v) is 4.21. The van der Waals surface area contributed by atoms with Crippen LogP contribution in [0.25, 0.3) is 22.2 Å². The Morgan fingerprint density at radius 3 is 2.78 bits per heavy atom. The van der Waals surface area contributed by atoms with Crippen LogP contribution in [0.3, 0.4) is 0 Å². The first-order valence-corrected chi connectivity index (χ1v) is 8.38. The lowest BCUT2D eigenvalue weighted by Gasteiger charge is -2.05. The first kappa shape index (κ1) is 16.7. The predicted molar refractivity (Wildman–Crippen MR) is 102 cm³/mol. The lowest BCUT2D eigenvalue weighted by Crippen LogP contribution is -2.11. The van der Waals surface area contributed by atoms with Gasteiger partial charge in [-0.05, 0) is 54.1 Å². The topological polar surface area (TPSA) is 95.3 Å². The van der Waals surface area contributed by atoms with Crippen molar-refractivity contribution < 1.29 is 19.1 Å². The van der Waals surface area contributed by atoms with Crippen molar-refractivity contribution in [2.45, 2.75) is 6.42 Å². The van der Waals surface area contributed by atoms with E-state index >= 15 is 0 Å². The molecule has 0 saturated carbocycles. The van der Waals surface area contributed by atoms with Gasteiger partial charge >= 0.3 is 5.97 Å². The molecule has 6 heteroatoms. The van der Waals surface area contributed by atoms with Gasteiger partial charge in [-0.2, -0.15) is 0 Å². The van der Waals surface area contributed by atoms with Crippen LogP contribution in [0.1, 0.15) is 16.1 Å². The van der Waals surface area contributed by atoms with Crippen LogP contribution in [0.4, 0.5) is 5.69 Å². The average Bonchev–Trinajstić information content (AvgIpc) is 3.30. The van der Waals surface area contributed by atoms with Crippen molar-refractivity contribution in [2.75, 3.05) is 5.32 Å². The molecule has 0 bridgehead atoms. The van der Waals surface area contributed by atoms with Gasteiger partial charge in [0.05, 0.1) is 6.42 Å². The summed E-state index contributed by atoms with van der Waals surface area (Å²) >= 11 is 0. The van der Waals surface area contributed by atoms with E-state index in [1.165, 1.54) is 0 Å². The molecule has 2 aromatic carbocycles. The maximum Gasteiger partial charge on any atom is 0.307 e. The van der Waals surface area contributed by atoms with E-state index in [4.69, 9.17) is 9.52 Å². The van der Waals surface area contributed by atoms with Crippen LogP contribution in [-0.2, 0) is 11.2 Å². The van der Waals surface area contributed by atoms with Gasteiger partial charge in [-0.25, -0.2) is 0 Å². The molecule has 0 saturated heterocycles. The third-order valence-electron chi connectivity index (χ3n) is 4.21. The molecule has 27 heavy (non-hydrogen) atoms. The Bertz CT molecular complexity index is 1140. The number of anilines is 1. The van der Waals surface area contributed by atoms with E-state index in [1.807, 2.05) is 30.5 Å². The molecule has 0 spiro atoms. The lowest BCUT2D eigenvalue weighted by molar-refractivity contribution is -0.136. The lowest BCUT2D eigenvalue weighted by atomic mass is 10.1. The zero-order valence-electron chi connectivity index (χ0n) is 14.2. The van der Waals surface area contributed by atoms with Crippen LogP contribution >= 0.6 is 0 Å². The van der Waals surface area contributed by atoms with Gasteiger partial charge in [0.2, 0.25) is 0 Å². The van der Waals surface area contributed by atoms with Gasteiger partial charge < -0.3 is 19.8 Å². The number of carbonyl (C=O) groups excluding carboxylic acids is 1. The third kappa shape index (κ3) is 3.59. The zero-order valence-corrected chi connectivity index (χ0v) is 14.2. The highest BCUT2D eigenvalue weighted by molar-refractivity contribution is 6.02. The minimum atomic E-state index is -0.923. The first-order valence-electron chi connectivity index (χ1n) is 8.38. The highest BCUT2D eigenvalue weighted by Crippen LogP contribution is 2.26. The molecule has 0 unspecified atom stereocenters. The minimum absolute atomic E-state index is 0.101. The molecule has 0 aliphatic heterocycles. The van der Waals surface area contributed by atoms with Crippen LogP contribution in [0.15, 0.2) is 71.3 Å². The number of furan rings is 1. The van der Waals surface area contributed by atoms with Crippen LogP contribution in [0.2, 0.25) is 0 Å². The standard InChI is InChI=1S/C21H16N2O4/c24-20(25)11-13-2-1-3-16(10-13)23-21(26)19-7-6-18(27-19)15-4-5-17-14(12-15)8-9-22-17/h1-10,12,22H,11H2,(H,23,26)(H,24,25). The summed E-state index contributed by atoms with van der Waals surface area (Å²) in [5.74, 6) is -0.532. The summed E-state index contributed by atoms with van der Waals surface area (Å²) in [6, 6.07) is 18.0. The molecule has 4 rings (SSSR count). The largest absolute Gasteiger partial charge is 0.481 e. The number of hydrogen-bond acceptors (Lipinski definition) is 3. The molecule has 2 aromatic heterocycles. The second kappa shape index (κ2) is 6.84. The van der Waals surface area contributed by atoms with Crippen molar-refractivity contribution in [1.82, 2.24) is 4.98 Å². The number of aromatic amines is 1. The highest BCUT2D eigenvalue weighted by atomic mass is 16.4. The average molecular weight is 360 g/mol. The Labute approximate surface area is 154 Å². The first-order chi connectivity index (χ1) is 13.1. The Hall–Kier alpha value is -3.80. The molecular weight excluding hydrogens is 344 g/mol. The predicted octanol–water partition coefficient (Wildman–Crippen LogP) is 4.31. The van der Waals surface area contributed by atoms with Crippen molar-refractivity contribution >= 4 is 28.5 Å². The van der Waals surface area contributed by atoms with Gasteiger partial charge in [-0.3, -0.25) is 9.59 Å². The Balaban J connectivity index is 1.52. The Kier molecular flexibility index (Phi) is 4.22. The normalized spacial score (nSPS) is 10.8. The van der Waals surface area contributed by atoms with Crippen LogP contribution < -0.4 is 5.32 Å². The molecule has 0 aliphatic rings. The fourth-order valence-electron chi connectivity index (χ4n) is 2.95. The number of carboxylic acids is 1. The molecule has 2 heterocycles. The van der Waals surface area contributed by atoms with E-state index in [-0.39, 0.29) is 12.2 Å². The molecule has 1 amide bonds. The van der Waals surface area contributed by atoms with E-state index in [1.54, 1.807) is 36.4 Å². The Morgan fingerprint density at radius 1 is 1.04 bits per heavy atom. The molecule has 0 atom stereocenters. The summed E-state index contributed by atoms with van der Waals surface area (Å²) < 4.78 is 5.71. The van der Waals surface area contributed by atoms with Gasteiger partial charge in [0.15, 0.2) is 5.76 Å². The van der Waals surface area contributed by atoms with Crippen molar-refractivity contribution in [3.63, 3.8) is 0 Å². The number of benzene rings is 2.